The van der Waals surface area contributed by atoms with Gasteiger partial charge in [-0.1, -0.05) is 6.07 Å². The summed E-state index contributed by atoms with van der Waals surface area (Å²) in [4.78, 5) is 13.5. The van der Waals surface area contributed by atoms with Gasteiger partial charge in [0.25, 0.3) is 0 Å². The number of carbonyl (C=O) groups is 1. The summed E-state index contributed by atoms with van der Waals surface area (Å²) in [6, 6.07) is 5.98. The van der Waals surface area contributed by atoms with Crippen LogP contribution in [0.25, 0.3) is 0 Å². The van der Waals surface area contributed by atoms with Gasteiger partial charge >= 0.3 is 0 Å². The maximum Gasteiger partial charge on any atom is 0.225 e. The molecule has 0 heterocycles. The van der Waals surface area contributed by atoms with Gasteiger partial charge in [0, 0.05) is 20.1 Å². The predicted molar refractivity (Wildman–Crippen MR) is 77.6 cm³/mol. The van der Waals surface area contributed by atoms with Crippen molar-refractivity contribution in [1.82, 2.24) is 10.2 Å². The van der Waals surface area contributed by atoms with Crippen LogP contribution in [-0.2, 0) is 4.79 Å². The number of hydrogen-bond acceptors (Lipinski definition) is 3. The number of nitrogens with one attached hydrogen (secondary N) is 1. The minimum absolute atomic E-state index is 0.110. The highest BCUT2D eigenvalue weighted by Gasteiger charge is 2.08. The third kappa shape index (κ3) is 5.30. The molecule has 0 atom stereocenters. The van der Waals surface area contributed by atoms with Gasteiger partial charge in [-0.25, -0.2) is 0 Å². The summed E-state index contributed by atoms with van der Waals surface area (Å²) in [6.45, 7) is 6.07. The van der Waals surface area contributed by atoms with Crippen LogP contribution in [0.2, 0.25) is 0 Å². The van der Waals surface area contributed by atoms with Gasteiger partial charge in [-0.15, -0.1) is 0 Å². The molecule has 0 saturated carbocycles. The van der Waals surface area contributed by atoms with Crippen LogP contribution in [0, 0.1) is 13.8 Å². The molecule has 0 aliphatic rings. The molecule has 0 aliphatic carbocycles. The molecule has 0 bridgehead atoms. The lowest BCUT2D eigenvalue weighted by Gasteiger charge is -2.17. The number of rotatable bonds is 7. The molecule has 4 nitrogen and oxygen atoms in total. The number of nitrogens with zero attached hydrogens (tertiary/aromatic N) is 1. The van der Waals surface area contributed by atoms with Crippen LogP contribution in [0.1, 0.15) is 17.5 Å². The van der Waals surface area contributed by atoms with Crippen molar-refractivity contribution in [3.8, 4) is 5.75 Å². The molecule has 1 N–H and O–H groups in total. The van der Waals surface area contributed by atoms with Gasteiger partial charge in [0.05, 0.1) is 13.0 Å². The number of carbonyl (C=O) groups excluding carboxylic acids is 1. The molecule has 0 radical (unpaired) electrons. The molecule has 0 fully saturated rings. The van der Waals surface area contributed by atoms with Crippen molar-refractivity contribution in [3.63, 3.8) is 0 Å². The standard InChI is InChI=1S/C15H24N2O2/c1-12-5-6-14(11-13(12)2)19-10-7-15(18)17(4)9-8-16-3/h5-6,11,16H,7-10H2,1-4H3. The second kappa shape index (κ2) is 7.79. The van der Waals surface area contributed by atoms with Crippen LogP contribution in [0.4, 0.5) is 0 Å². The van der Waals surface area contributed by atoms with Gasteiger partial charge in [-0.3, -0.25) is 4.79 Å². The lowest BCUT2D eigenvalue weighted by molar-refractivity contribution is -0.130. The largest absolute Gasteiger partial charge is 0.493 e. The first kappa shape index (κ1) is 15.5. The smallest absolute Gasteiger partial charge is 0.225 e. The Morgan fingerprint density at radius 3 is 2.68 bits per heavy atom. The average Bonchev–Trinajstić information content (AvgIpc) is 2.39. The van der Waals surface area contributed by atoms with Crippen molar-refractivity contribution in [2.24, 2.45) is 0 Å². The molecule has 1 amide bonds. The highest BCUT2D eigenvalue weighted by Crippen LogP contribution is 2.16. The molecular formula is C15H24N2O2. The Kier molecular flexibility index (Phi) is 6.36. The van der Waals surface area contributed by atoms with E-state index < -0.39 is 0 Å². The molecule has 106 valence electrons. The first-order valence-corrected chi connectivity index (χ1v) is 6.63. The zero-order valence-electron chi connectivity index (χ0n) is 12.3. The summed E-state index contributed by atoms with van der Waals surface area (Å²) >= 11 is 0. The van der Waals surface area contributed by atoms with Gasteiger partial charge in [0.1, 0.15) is 5.75 Å². The minimum Gasteiger partial charge on any atom is -0.493 e. The van der Waals surface area contributed by atoms with E-state index in [2.05, 4.69) is 19.2 Å². The highest BCUT2D eigenvalue weighted by atomic mass is 16.5. The predicted octanol–water partition coefficient (Wildman–Crippen LogP) is 1.75. The Labute approximate surface area is 115 Å². The minimum atomic E-state index is 0.110. The zero-order valence-corrected chi connectivity index (χ0v) is 12.3. The third-order valence-corrected chi connectivity index (χ3v) is 3.19. The first-order valence-electron chi connectivity index (χ1n) is 6.63. The fraction of sp³-hybridized carbons (Fsp3) is 0.533. The number of hydrogen-bond donors (Lipinski definition) is 1. The van der Waals surface area contributed by atoms with E-state index >= 15 is 0 Å². The number of likely N-dealkylation sites (N-methyl/N-ethyl adjacent to an activating group) is 2. The SMILES string of the molecule is CNCCN(C)C(=O)CCOc1ccc(C)c(C)c1. The Hall–Kier alpha value is -1.55. The first-order chi connectivity index (χ1) is 9.04. The fourth-order valence-electron chi connectivity index (χ4n) is 1.65. The molecule has 0 aromatic heterocycles. The maximum absolute atomic E-state index is 11.8. The van der Waals surface area contributed by atoms with E-state index in [4.69, 9.17) is 4.74 Å². The summed E-state index contributed by atoms with van der Waals surface area (Å²) in [5, 5.41) is 3.02. The van der Waals surface area contributed by atoms with Crippen LogP contribution in [0.5, 0.6) is 5.75 Å². The van der Waals surface area contributed by atoms with Crippen LogP contribution >= 0.6 is 0 Å². The van der Waals surface area contributed by atoms with Crippen molar-refractivity contribution < 1.29 is 9.53 Å². The molecular weight excluding hydrogens is 240 g/mol. The molecule has 0 aliphatic heterocycles. The Morgan fingerprint density at radius 1 is 1.32 bits per heavy atom. The maximum atomic E-state index is 11.8. The van der Waals surface area contributed by atoms with E-state index in [0.29, 0.717) is 13.0 Å². The van der Waals surface area contributed by atoms with E-state index in [1.54, 1.807) is 4.90 Å². The number of aryl methyl sites for hydroxylation is 2. The lowest BCUT2D eigenvalue weighted by Crippen LogP contribution is -2.33. The summed E-state index contributed by atoms with van der Waals surface area (Å²) < 4.78 is 5.60. The van der Waals surface area contributed by atoms with Gasteiger partial charge in [0.15, 0.2) is 0 Å². The van der Waals surface area contributed by atoms with E-state index in [0.717, 1.165) is 18.8 Å². The quantitative estimate of drug-likeness (QED) is 0.816. The molecule has 0 saturated heterocycles. The zero-order chi connectivity index (χ0) is 14.3. The van der Waals surface area contributed by atoms with Crippen LogP contribution in [-0.4, -0.2) is 44.6 Å². The van der Waals surface area contributed by atoms with E-state index in [1.165, 1.54) is 11.1 Å². The van der Waals surface area contributed by atoms with Crippen LogP contribution in [0.15, 0.2) is 18.2 Å². The molecule has 4 heteroatoms. The van der Waals surface area contributed by atoms with Crippen molar-refractivity contribution in [2.45, 2.75) is 20.3 Å². The second-order valence-electron chi connectivity index (χ2n) is 4.76. The van der Waals surface area contributed by atoms with E-state index in [1.807, 2.05) is 32.3 Å². The molecule has 0 unspecified atom stereocenters. The molecule has 1 rings (SSSR count). The van der Waals surface area contributed by atoms with Gasteiger partial charge in [-0.05, 0) is 44.2 Å². The topological polar surface area (TPSA) is 41.6 Å². The van der Waals surface area contributed by atoms with E-state index in [-0.39, 0.29) is 5.91 Å². The summed E-state index contributed by atoms with van der Waals surface area (Å²) in [6.07, 6.45) is 0.410. The molecule has 1 aromatic rings. The van der Waals surface area contributed by atoms with Crippen molar-refractivity contribution >= 4 is 5.91 Å². The highest BCUT2D eigenvalue weighted by molar-refractivity contribution is 5.75. The average molecular weight is 264 g/mol. The second-order valence-corrected chi connectivity index (χ2v) is 4.76. The van der Waals surface area contributed by atoms with Crippen LogP contribution < -0.4 is 10.1 Å². The number of benzene rings is 1. The summed E-state index contributed by atoms with van der Waals surface area (Å²) in [5.74, 6) is 0.938. The fourth-order valence-corrected chi connectivity index (χ4v) is 1.65. The van der Waals surface area contributed by atoms with Gasteiger partial charge in [0.2, 0.25) is 5.91 Å². The van der Waals surface area contributed by atoms with E-state index in [9.17, 15) is 4.79 Å². The molecule has 1 aromatic carbocycles. The summed E-state index contributed by atoms with van der Waals surface area (Å²) in [5.41, 5.74) is 2.45. The van der Waals surface area contributed by atoms with Gasteiger partial charge < -0.3 is 15.0 Å². The monoisotopic (exact) mass is 264 g/mol. The number of amides is 1. The van der Waals surface area contributed by atoms with Crippen LogP contribution in [0.3, 0.4) is 0 Å². The lowest BCUT2D eigenvalue weighted by atomic mass is 10.1. The number of ether oxygens (including phenoxy) is 1. The Morgan fingerprint density at radius 2 is 2.05 bits per heavy atom. The summed E-state index contributed by atoms with van der Waals surface area (Å²) in [7, 11) is 3.69. The Bertz CT molecular complexity index is 419. The molecule has 0 spiro atoms. The Balaban J connectivity index is 2.33. The normalized spacial score (nSPS) is 10.3. The van der Waals surface area contributed by atoms with Crippen molar-refractivity contribution in [1.29, 1.82) is 0 Å². The van der Waals surface area contributed by atoms with Gasteiger partial charge in [-0.2, -0.15) is 0 Å². The van der Waals surface area contributed by atoms with Crippen molar-refractivity contribution in [3.05, 3.63) is 29.3 Å². The third-order valence-electron chi connectivity index (χ3n) is 3.19. The molecule has 19 heavy (non-hydrogen) atoms. The van der Waals surface area contributed by atoms with Crippen molar-refractivity contribution in [2.75, 3.05) is 33.8 Å².